The molecule has 0 N–H and O–H groups in total. The predicted octanol–water partition coefficient (Wildman–Crippen LogP) is 2.63. The van der Waals surface area contributed by atoms with E-state index in [1.807, 2.05) is 31.2 Å². The van der Waals surface area contributed by atoms with Gasteiger partial charge in [0.15, 0.2) is 0 Å². The lowest BCUT2D eigenvalue weighted by Crippen LogP contribution is -2.42. The smallest absolute Gasteiger partial charge is 0.124 e. The lowest BCUT2D eigenvalue weighted by Gasteiger charge is -2.34. The molecular formula is C13H15ClN2O. The summed E-state index contributed by atoms with van der Waals surface area (Å²) in [6.07, 6.45) is 0.179. The van der Waals surface area contributed by atoms with Crippen molar-refractivity contribution >= 4 is 11.6 Å². The summed E-state index contributed by atoms with van der Waals surface area (Å²) in [5, 5.41) is 10.0. The van der Waals surface area contributed by atoms with Crippen molar-refractivity contribution < 1.29 is 4.74 Å². The van der Waals surface area contributed by atoms with Crippen LogP contribution < -0.4 is 0 Å². The van der Waals surface area contributed by atoms with E-state index in [1.54, 1.807) is 0 Å². The maximum atomic E-state index is 9.33. The Kier molecular flexibility index (Phi) is 4.01. The number of benzene rings is 1. The van der Waals surface area contributed by atoms with Crippen LogP contribution in [-0.2, 0) is 4.74 Å². The largest absolute Gasteiger partial charge is 0.376 e. The first-order valence-corrected chi connectivity index (χ1v) is 6.09. The zero-order chi connectivity index (χ0) is 12.3. The molecule has 1 aromatic carbocycles. The van der Waals surface area contributed by atoms with E-state index in [0.29, 0.717) is 11.6 Å². The average Bonchev–Trinajstić information content (AvgIpc) is 2.30. The van der Waals surface area contributed by atoms with Gasteiger partial charge in [-0.15, -0.1) is 0 Å². The Morgan fingerprint density at radius 2 is 2.41 bits per heavy atom. The molecule has 0 bridgehead atoms. The van der Waals surface area contributed by atoms with Crippen molar-refractivity contribution in [2.45, 2.75) is 19.1 Å². The molecule has 0 aromatic heterocycles. The van der Waals surface area contributed by atoms with Gasteiger partial charge in [-0.1, -0.05) is 23.7 Å². The van der Waals surface area contributed by atoms with Gasteiger partial charge in [0.25, 0.3) is 0 Å². The van der Waals surface area contributed by atoms with E-state index < -0.39 is 0 Å². The van der Waals surface area contributed by atoms with Gasteiger partial charge < -0.3 is 4.74 Å². The van der Waals surface area contributed by atoms with Crippen LogP contribution in [0.15, 0.2) is 24.3 Å². The SMILES string of the molecule is CC1CN(C(C#N)c2cccc(Cl)c2)CCO1. The Hall–Kier alpha value is -1.08. The van der Waals surface area contributed by atoms with Gasteiger partial charge in [-0.2, -0.15) is 5.26 Å². The molecule has 0 spiro atoms. The summed E-state index contributed by atoms with van der Waals surface area (Å²) in [5.41, 5.74) is 0.953. The molecule has 2 unspecified atom stereocenters. The fourth-order valence-corrected chi connectivity index (χ4v) is 2.32. The molecule has 2 atom stereocenters. The van der Waals surface area contributed by atoms with Crippen molar-refractivity contribution in [2.75, 3.05) is 19.7 Å². The molecule has 1 heterocycles. The van der Waals surface area contributed by atoms with Gasteiger partial charge in [-0.25, -0.2) is 0 Å². The molecule has 1 fully saturated rings. The van der Waals surface area contributed by atoms with Crippen molar-refractivity contribution in [3.8, 4) is 6.07 Å². The van der Waals surface area contributed by atoms with E-state index in [-0.39, 0.29) is 12.1 Å². The number of hydrogen-bond donors (Lipinski definition) is 0. The van der Waals surface area contributed by atoms with E-state index in [9.17, 15) is 5.26 Å². The van der Waals surface area contributed by atoms with E-state index >= 15 is 0 Å². The second-order valence-electron chi connectivity index (χ2n) is 4.26. The molecule has 1 aliphatic heterocycles. The molecule has 0 amide bonds. The monoisotopic (exact) mass is 250 g/mol. The van der Waals surface area contributed by atoms with Crippen molar-refractivity contribution in [2.24, 2.45) is 0 Å². The third kappa shape index (κ3) is 2.98. The van der Waals surface area contributed by atoms with Gasteiger partial charge in [-0.3, -0.25) is 4.90 Å². The highest BCUT2D eigenvalue weighted by Gasteiger charge is 2.25. The lowest BCUT2D eigenvalue weighted by atomic mass is 10.1. The van der Waals surface area contributed by atoms with Gasteiger partial charge >= 0.3 is 0 Å². The number of rotatable bonds is 2. The molecular weight excluding hydrogens is 236 g/mol. The number of morpholine rings is 1. The third-order valence-corrected chi connectivity index (χ3v) is 3.16. The molecule has 0 aliphatic carbocycles. The fraction of sp³-hybridized carbons (Fsp3) is 0.462. The highest BCUT2D eigenvalue weighted by molar-refractivity contribution is 6.30. The van der Waals surface area contributed by atoms with Crippen LogP contribution in [0.25, 0.3) is 0 Å². The lowest BCUT2D eigenvalue weighted by molar-refractivity contribution is -0.0269. The quantitative estimate of drug-likeness (QED) is 0.810. The van der Waals surface area contributed by atoms with Crippen LogP contribution in [0.1, 0.15) is 18.5 Å². The first-order chi connectivity index (χ1) is 8.20. The number of nitrogens with zero attached hydrogens (tertiary/aromatic N) is 2. The summed E-state index contributed by atoms with van der Waals surface area (Å²) < 4.78 is 5.49. The van der Waals surface area contributed by atoms with Crippen LogP contribution in [0.3, 0.4) is 0 Å². The first-order valence-electron chi connectivity index (χ1n) is 5.71. The minimum Gasteiger partial charge on any atom is -0.376 e. The topological polar surface area (TPSA) is 36.3 Å². The highest BCUT2D eigenvalue weighted by atomic mass is 35.5. The Bertz CT molecular complexity index is 430. The van der Waals surface area contributed by atoms with Crippen LogP contribution in [-0.4, -0.2) is 30.7 Å². The van der Waals surface area contributed by atoms with Crippen molar-refractivity contribution in [3.63, 3.8) is 0 Å². The van der Waals surface area contributed by atoms with Crippen LogP contribution >= 0.6 is 11.6 Å². The summed E-state index contributed by atoms with van der Waals surface area (Å²) in [4.78, 5) is 2.14. The minimum absolute atomic E-state index is 0.179. The Morgan fingerprint density at radius 3 is 3.06 bits per heavy atom. The zero-order valence-corrected chi connectivity index (χ0v) is 10.5. The molecule has 1 aliphatic rings. The summed E-state index contributed by atoms with van der Waals surface area (Å²) >= 11 is 5.96. The van der Waals surface area contributed by atoms with Crippen molar-refractivity contribution in [3.05, 3.63) is 34.9 Å². The molecule has 1 aromatic rings. The summed E-state index contributed by atoms with van der Waals surface area (Å²) in [6.45, 7) is 4.28. The first kappa shape index (κ1) is 12.4. The maximum Gasteiger partial charge on any atom is 0.124 e. The van der Waals surface area contributed by atoms with Gasteiger partial charge in [-0.05, 0) is 24.6 Å². The second-order valence-corrected chi connectivity index (χ2v) is 4.70. The molecule has 1 saturated heterocycles. The minimum atomic E-state index is -0.236. The molecule has 4 heteroatoms. The van der Waals surface area contributed by atoms with Crippen molar-refractivity contribution in [1.29, 1.82) is 5.26 Å². The third-order valence-electron chi connectivity index (χ3n) is 2.92. The predicted molar refractivity (Wildman–Crippen MR) is 66.8 cm³/mol. The summed E-state index contributed by atoms with van der Waals surface area (Å²) in [7, 11) is 0. The van der Waals surface area contributed by atoms with Gasteiger partial charge in [0, 0.05) is 18.1 Å². The highest BCUT2D eigenvalue weighted by Crippen LogP contribution is 2.24. The Labute approximate surface area is 107 Å². The average molecular weight is 251 g/mol. The van der Waals surface area contributed by atoms with E-state index in [2.05, 4.69) is 11.0 Å². The Balaban J connectivity index is 2.19. The number of hydrogen-bond acceptors (Lipinski definition) is 3. The van der Waals surface area contributed by atoms with E-state index in [4.69, 9.17) is 16.3 Å². The molecule has 3 nitrogen and oxygen atoms in total. The van der Waals surface area contributed by atoms with Crippen molar-refractivity contribution in [1.82, 2.24) is 4.90 Å². The molecule has 17 heavy (non-hydrogen) atoms. The molecule has 90 valence electrons. The van der Waals surface area contributed by atoms with E-state index in [0.717, 1.165) is 18.7 Å². The maximum absolute atomic E-state index is 9.33. The van der Waals surface area contributed by atoms with Gasteiger partial charge in [0.05, 0.1) is 18.8 Å². The van der Waals surface area contributed by atoms with Crippen LogP contribution in [0.2, 0.25) is 5.02 Å². The number of halogens is 1. The van der Waals surface area contributed by atoms with Gasteiger partial charge in [0.1, 0.15) is 6.04 Å². The fourth-order valence-electron chi connectivity index (χ4n) is 2.12. The molecule has 0 radical (unpaired) electrons. The summed E-state index contributed by atoms with van der Waals surface area (Å²) in [6, 6.07) is 9.61. The van der Waals surface area contributed by atoms with Crippen LogP contribution in [0, 0.1) is 11.3 Å². The number of ether oxygens (including phenoxy) is 1. The summed E-state index contributed by atoms with van der Waals surface area (Å²) in [5.74, 6) is 0. The van der Waals surface area contributed by atoms with Crippen LogP contribution in [0.5, 0.6) is 0 Å². The van der Waals surface area contributed by atoms with Crippen LogP contribution in [0.4, 0.5) is 0 Å². The number of nitriles is 1. The standard InChI is InChI=1S/C13H15ClN2O/c1-10-9-16(5-6-17-10)13(8-15)11-3-2-4-12(14)7-11/h2-4,7,10,13H,5-6,9H2,1H3. The normalized spacial score (nSPS) is 23.0. The van der Waals surface area contributed by atoms with Gasteiger partial charge in [0.2, 0.25) is 0 Å². The van der Waals surface area contributed by atoms with E-state index in [1.165, 1.54) is 0 Å². The molecule has 0 saturated carbocycles. The Morgan fingerprint density at radius 1 is 1.59 bits per heavy atom. The second kappa shape index (κ2) is 5.50. The molecule has 2 rings (SSSR count). The zero-order valence-electron chi connectivity index (χ0n) is 9.77.